The maximum Gasteiger partial charge on any atom is 0.270 e. The second-order valence-corrected chi connectivity index (χ2v) is 6.18. The minimum Gasteiger partial charge on any atom is -0.356 e. The maximum absolute atomic E-state index is 12.5. The number of benzene rings is 1. The van der Waals surface area contributed by atoms with Crippen LogP contribution in [0, 0.1) is 11.3 Å². The van der Waals surface area contributed by atoms with Crippen molar-refractivity contribution in [2.45, 2.75) is 6.54 Å². The summed E-state index contributed by atoms with van der Waals surface area (Å²) >= 11 is 0. The fraction of sp³-hybridized carbons (Fsp3) is 0.278. The van der Waals surface area contributed by atoms with Gasteiger partial charge in [0.05, 0.1) is 23.1 Å². The fourth-order valence-corrected chi connectivity index (χ4v) is 3.15. The predicted molar refractivity (Wildman–Crippen MR) is 92.8 cm³/mol. The van der Waals surface area contributed by atoms with Crippen LogP contribution in [0.1, 0.15) is 21.9 Å². The number of hydrogen-bond acceptors (Lipinski definition) is 4. The third-order valence-corrected chi connectivity index (χ3v) is 4.51. The van der Waals surface area contributed by atoms with E-state index in [0.717, 1.165) is 36.5 Å². The number of piperazine rings is 1. The minimum atomic E-state index is -0.0510. The van der Waals surface area contributed by atoms with Crippen LogP contribution in [0.25, 0.3) is 11.0 Å². The molecular formula is C18H18N6O. The van der Waals surface area contributed by atoms with Crippen molar-refractivity contribution in [1.29, 1.82) is 5.26 Å². The molecule has 0 atom stereocenters. The standard InChI is InChI=1S/C18H18N6O/c19-10-13-9-16(20-11-13)18(25)24-7-5-23(6-8-24)12-17-21-14-3-1-2-4-15(14)22-17/h1-4,9,11,20H,5-8,12H2,(H,21,22). The first-order valence-corrected chi connectivity index (χ1v) is 8.27. The van der Waals surface area contributed by atoms with Crippen molar-refractivity contribution in [3.8, 4) is 6.07 Å². The first-order chi connectivity index (χ1) is 12.2. The van der Waals surface area contributed by atoms with Gasteiger partial charge in [-0.15, -0.1) is 0 Å². The third kappa shape index (κ3) is 3.12. The number of nitriles is 1. The van der Waals surface area contributed by atoms with E-state index < -0.39 is 0 Å². The molecule has 7 heteroatoms. The van der Waals surface area contributed by atoms with Crippen molar-refractivity contribution in [2.75, 3.05) is 26.2 Å². The lowest BCUT2D eigenvalue weighted by atomic mass is 10.2. The Labute approximate surface area is 144 Å². The van der Waals surface area contributed by atoms with Crippen LogP contribution in [0.2, 0.25) is 0 Å². The van der Waals surface area contributed by atoms with Gasteiger partial charge in [0.25, 0.3) is 5.91 Å². The van der Waals surface area contributed by atoms with Crippen molar-refractivity contribution in [3.63, 3.8) is 0 Å². The molecule has 0 bridgehead atoms. The second-order valence-electron chi connectivity index (χ2n) is 6.18. The van der Waals surface area contributed by atoms with Crippen molar-refractivity contribution >= 4 is 16.9 Å². The summed E-state index contributed by atoms with van der Waals surface area (Å²) in [6.07, 6.45) is 1.56. The van der Waals surface area contributed by atoms with Crippen LogP contribution in [0.5, 0.6) is 0 Å². The van der Waals surface area contributed by atoms with Gasteiger partial charge in [-0.25, -0.2) is 4.98 Å². The lowest BCUT2D eigenvalue weighted by Crippen LogP contribution is -2.48. The van der Waals surface area contributed by atoms with Gasteiger partial charge >= 0.3 is 0 Å². The van der Waals surface area contributed by atoms with Crippen LogP contribution in [0.4, 0.5) is 0 Å². The lowest BCUT2D eigenvalue weighted by Gasteiger charge is -2.34. The van der Waals surface area contributed by atoms with Gasteiger partial charge < -0.3 is 14.9 Å². The highest BCUT2D eigenvalue weighted by Gasteiger charge is 2.23. The molecule has 0 saturated carbocycles. The second kappa shape index (κ2) is 6.42. The van der Waals surface area contributed by atoms with E-state index in [0.29, 0.717) is 24.3 Å². The van der Waals surface area contributed by atoms with Gasteiger partial charge in [-0.3, -0.25) is 9.69 Å². The third-order valence-electron chi connectivity index (χ3n) is 4.51. The smallest absolute Gasteiger partial charge is 0.270 e. The van der Waals surface area contributed by atoms with Crippen molar-refractivity contribution < 1.29 is 4.79 Å². The van der Waals surface area contributed by atoms with E-state index in [2.05, 4.69) is 19.9 Å². The molecule has 2 N–H and O–H groups in total. The summed E-state index contributed by atoms with van der Waals surface area (Å²) in [5.41, 5.74) is 2.98. The van der Waals surface area contributed by atoms with Crippen molar-refractivity contribution in [2.24, 2.45) is 0 Å². The SMILES string of the molecule is N#Cc1c[nH]c(C(=O)N2CCN(Cc3nc4ccccc4[nH]3)CC2)c1. The molecule has 2 aromatic heterocycles. The normalized spacial score (nSPS) is 15.4. The van der Waals surface area contributed by atoms with Crippen LogP contribution in [0.15, 0.2) is 36.5 Å². The Kier molecular flexibility index (Phi) is 3.96. The molecule has 4 rings (SSSR count). The Morgan fingerprint density at radius 1 is 1.24 bits per heavy atom. The van der Waals surface area contributed by atoms with Gasteiger partial charge in [-0.2, -0.15) is 5.26 Å². The Hall–Kier alpha value is -3.11. The molecule has 1 aliphatic rings. The molecule has 0 aliphatic carbocycles. The van der Waals surface area contributed by atoms with Gasteiger partial charge in [-0.1, -0.05) is 12.1 Å². The highest BCUT2D eigenvalue weighted by atomic mass is 16.2. The van der Waals surface area contributed by atoms with Crippen LogP contribution < -0.4 is 0 Å². The number of hydrogen-bond donors (Lipinski definition) is 2. The van der Waals surface area contributed by atoms with E-state index in [1.165, 1.54) is 0 Å². The molecule has 1 saturated heterocycles. The number of rotatable bonds is 3. The fourth-order valence-electron chi connectivity index (χ4n) is 3.15. The average molecular weight is 334 g/mol. The average Bonchev–Trinajstić information content (AvgIpc) is 3.28. The molecule has 1 aliphatic heterocycles. The molecule has 1 aromatic carbocycles. The summed E-state index contributed by atoms with van der Waals surface area (Å²) in [6, 6.07) is 11.6. The Balaban J connectivity index is 1.36. The number of carbonyl (C=O) groups is 1. The zero-order valence-electron chi connectivity index (χ0n) is 13.7. The van der Waals surface area contributed by atoms with Gasteiger partial charge in [-0.05, 0) is 18.2 Å². The number of H-pyrrole nitrogens is 2. The number of nitrogens with zero attached hydrogens (tertiary/aromatic N) is 4. The number of carbonyl (C=O) groups excluding carboxylic acids is 1. The number of amides is 1. The van der Waals surface area contributed by atoms with Crippen molar-refractivity contribution in [1.82, 2.24) is 24.8 Å². The monoisotopic (exact) mass is 334 g/mol. The molecule has 0 radical (unpaired) electrons. The summed E-state index contributed by atoms with van der Waals surface area (Å²) in [6.45, 7) is 3.68. The van der Waals surface area contributed by atoms with Crippen LogP contribution in [-0.2, 0) is 6.54 Å². The number of nitrogens with one attached hydrogen (secondary N) is 2. The molecule has 1 amide bonds. The maximum atomic E-state index is 12.5. The lowest BCUT2D eigenvalue weighted by molar-refractivity contribution is 0.0621. The Morgan fingerprint density at radius 2 is 2.04 bits per heavy atom. The summed E-state index contributed by atoms with van der Waals surface area (Å²) < 4.78 is 0. The van der Waals surface area contributed by atoms with Gasteiger partial charge in [0.15, 0.2) is 0 Å². The quantitative estimate of drug-likeness (QED) is 0.763. The first-order valence-electron chi connectivity index (χ1n) is 8.27. The van der Waals surface area contributed by atoms with E-state index in [4.69, 9.17) is 5.26 Å². The van der Waals surface area contributed by atoms with E-state index in [1.54, 1.807) is 12.3 Å². The molecule has 3 aromatic rings. The molecular weight excluding hydrogens is 316 g/mol. The van der Waals surface area contributed by atoms with E-state index >= 15 is 0 Å². The van der Waals surface area contributed by atoms with E-state index in [-0.39, 0.29) is 5.91 Å². The number of imidazole rings is 1. The molecule has 0 spiro atoms. The largest absolute Gasteiger partial charge is 0.356 e. The predicted octanol–water partition coefficient (Wildman–Crippen LogP) is 1.72. The number of aromatic amines is 2. The molecule has 1 fully saturated rings. The Morgan fingerprint density at radius 3 is 2.76 bits per heavy atom. The van der Waals surface area contributed by atoms with Crippen LogP contribution in [-0.4, -0.2) is 56.8 Å². The zero-order chi connectivity index (χ0) is 17.2. The van der Waals surface area contributed by atoms with Crippen LogP contribution in [0.3, 0.4) is 0 Å². The van der Waals surface area contributed by atoms with E-state index in [9.17, 15) is 4.79 Å². The Bertz CT molecular complexity index is 909. The molecule has 126 valence electrons. The first kappa shape index (κ1) is 15.4. The number of para-hydroxylation sites is 2. The number of aromatic nitrogens is 3. The minimum absolute atomic E-state index is 0.0510. The van der Waals surface area contributed by atoms with Crippen molar-refractivity contribution in [3.05, 3.63) is 53.6 Å². The molecule has 0 unspecified atom stereocenters. The number of fused-ring (bicyclic) bond motifs is 1. The topological polar surface area (TPSA) is 91.8 Å². The molecule has 7 nitrogen and oxygen atoms in total. The summed E-state index contributed by atoms with van der Waals surface area (Å²) in [5.74, 6) is 0.897. The summed E-state index contributed by atoms with van der Waals surface area (Å²) in [4.78, 5) is 27.4. The molecule has 3 heterocycles. The highest BCUT2D eigenvalue weighted by Crippen LogP contribution is 2.14. The van der Waals surface area contributed by atoms with Gasteiger partial charge in [0.1, 0.15) is 17.6 Å². The van der Waals surface area contributed by atoms with Gasteiger partial charge in [0.2, 0.25) is 0 Å². The van der Waals surface area contributed by atoms with Crippen LogP contribution >= 0.6 is 0 Å². The summed E-state index contributed by atoms with van der Waals surface area (Å²) in [7, 11) is 0. The highest BCUT2D eigenvalue weighted by molar-refractivity contribution is 5.93. The van der Waals surface area contributed by atoms with Gasteiger partial charge in [0, 0.05) is 32.4 Å². The molecule has 25 heavy (non-hydrogen) atoms. The zero-order valence-corrected chi connectivity index (χ0v) is 13.7. The summed E-state index contributed by atoms with van der Waals surface area (Å²) in [5, 5.41) is 8.86. The van der Waals surface area contributed by atoms with E-state index in [1.807, 2.05) is 35.2 Å².